The summed E-state index contributed by atoms with van der Waals surface area (Å²) in [5.74, 6) is 0.153. The summed E-state index contributed by atoms with van der Waals surface area (Å²) in [6, 6.07) is 15.3. The van der Waals surface area contributed by atoms with Crippen molar-refractivity contribution in [2.24, 2.45) is 0 Å². The lowest BCUT2D eigenvalue weighted by molar-refractivity contribution is -0.133. The molecule has 1 aliphatic rings. The average molecular weight is 289 g/mol. The van der Waals surface area contributed by atoms with Crippen LogP contribution in [-0.2, 0) is 4.79 Å². The topological polar surface area (TPSA) is 26.3 Å². The number of halogens is 1. The summed E-state index contributed by atoms with van der Waals surface area (Å²) in [6.07, 6.45) is 0. The fraction of sp³-hybridized carbons (Fsp3) is 0.0714. The van der Waals surface area contributed by atoms with Crippen LogP contribution in [0.5, 0.6) is 5.75 Å². The van der Waals surface area contributed by atoms with Gasteiger partial charge in [-0.05, 0) is 23.8 Å². The van der Waals surface area contributed by atoms with E-state index in [-0.39, 0.29) is 11.9 Å². The van der Waals surface area contributed by atoms with Crippen LogP contribution in [0.15, 0.2) is 53.0 Å². The van der Waals surface area contributed by atoms with Crippen molar-refractivity contribution >= 4 is 21.9 Å². The zero-order valence-electron chi connectivity index (χ0n) is 8.89. The van der Waals surface area contributed by atoms with Gasteiger partial charge < -0.3 is 4.74 Å². The molecule has 0 radical (unpaired) electrons. The van der Waals surface area contributed by atoms with E-state index in [0.29, 0.717) is 5.75 Å². The number of rotatable bonds is 1. The smallest absolute Gasteiger partial charge is 0.323 e. The summed E-state index contributed by atoms with van der Waals surface area (Å²) in [5, 5.41) is 0. The predicted molar refractivity (Wildman–Crippen MR) is 68.1 cm³/mol. The summed E-state index contributed by atoms with van der Waals surface area (Å²) in [7, 11) is 0. The quantitative estimate of drug-likeness (QED) is 0.593. The molecule has 3 rings (SSSR count). The molecule has 0 amide bonds. The Kier molecular flexibility index (Phi) is 2.48. The monoisotopic (exact) mass is 288 g/mol. The number of carbonyl (C=O) groups excluding carboxylic acids is 1. The number of ether oxygens (including phenoxy) is 1. The normalized spacial score (nSPS) is 17.7. The van der Waals surface area contributed by atoms with Crippen molar-refractivity contribution in [3.05, 3.63) is 64.1 Å². The minimum atomic E-state index is -0.302. The highest BCUT2D eigenvalue weighted by atomic mass is 79.9. The maximum atomic E-state index is 11.9. The van der Waals surface area contributed by atoms with E-state index in [1.165, 1.54) is 0 Å². The Labute approximate surface area is 107 Å². The third-order valence-electron chi connectivity index (χ3n) is 2.86. The van der Waals surface area contributed by atoms with E-state index in [0.717, 1.165) is 15.6 Å². The van der Waals surface area contributed by atoms with Gasteiger partial charge in [-0.15, -0.1) is 0 Å². The first-order valence-electron chi connectivity index (χ1n) is 5.32. The largest absolute Gasteiger partial charge is 0.425 e. The molecule has 0 spiro atoms. The van der Waals surface area contributed by atoms with Gasteiger partial charge in [-0.3, -0.25) is 4.79 Å². The summed E-state index contributed by atoms with van der Waals surface area (Å²) >= 11 is 3.42. The van der Waals surface area contributed by atoms with Crippen LogP contribution in [0.1, 0.15) is 17.0 Å². The van der Waals surface area contributed by atoms with Crippen molar-refractivity contribution in [2.45, 2.75) is 5.92 Å². The number of hydrogen-bond donors (Lipinski definition) is 0. The van der Waals surface area contributed by atoms with E-state index in [4.69, 9.17) is 4.74 Å². The molecule has 0 N–H and O–H groups in total. The van der Waals surface area contributed by atoms with Crippen molar-refractivity contribution in [2.75, 3.05) is 0 Å². The number of fused-ring (bicyclic) bond motifs is 1. The summed E-state index contributed by atoms with van der Waals surface area (Å²) in [6.45, 7) is 0. The zero-order chi connectivity index (χ0) is 11.8. The minimum Gasteiger partial charge on any atom is -0.425 e. The second kappa shape index (κ2) is 4.00. The van der Waals surface area contributed by atoms with Crippen molar-refractivity contribution in [3.8, 4) is 5.75 Å². The first-order chi connectivity index (χ1) is 8.25. The SMILES string of the molecule is O=C1Oc2ccc(Br)cc2[C@@H]1c1ccccc1. The van der Waals surface area contributed by atoms with E-state index in [1.807, 2.05) is 48.5 Å². The third-order valence-corrected chi connectivity index (χ3v) is 3.36. The van der Waals surface area contributed by atoms with Gasteiger partial charge in [0.25, 0.3) is 0 Å². The van der Waals surface area contributed by atoms with Crippen LogP contribution >= 0.6 is 15.9 Å². The lowest BCUT2D eigenvalue weighted by atomic mass is 9.93. The Morgan fingerprint density at radius 2 is 1.82 bits per heavy atom. The maximum absolute atomic E-state index is 11.9. The zero-order valence-corrected chi connectivity index (χ0v) is 10.5. The number of hydrogen-bond acceptors (Lipinski definition) is 2. The molecular weight excluding hydrogens is 280 g/mol. The van der Waals surface area contributed by atoms with E-state index < -0.39 is 0 Å². The van der Waals surface area contributed by atoms with Crippen LogP contribution in [0.4, 0.5) is 0 Å². The first kappa shape index (κ1) is 10.5. The molecule has 1 aliphatic heterocycles. The Bertz CT molecular complexity index is 578. The predicted octanol–water partition coefficient (Wildman–Crippen LogP) is 3.50. The van der Waals surface area contributed by atoms with Crippen LogP contribution < -0.4 is 4.74 Å². The van der Waals surface area contributed by atoms with Crippen molar-refractivity contribution < 1.29 is 9.53 Å². The van der Waals surface area contributed by atoms with Gasteiger partial charge in [0.1, 0.15) is 11.7 Å². The Hall–Kier alpha value is -1.61. The van der Waals surface area contributed by atoms with Gasteiger partial charge in [-0.1, -0.05) is 46.3 Å². The van der Waals surface area contributed by atoms with E-state index >= 15 is 0 Å². The van der Waals surface area contributed by atoms with Gasteiger partial charge in [0.15, 0.2) is 0 Å². The molecule has 17 heavy (non-hydrogen) atoms. The Balaban J connectivity index is 2.14. The third kappa shape index (κ3) is 1.76. The molecular formula is C14H9BrO2. The summed E-state index contributed by atoms with van der Waals surface area (Å²) in [4.78, 5) is 11.9. The highest BCUT2D eigenvalue weighted by molar-refractivity contribution is 9.10. The highest BCUT2D eigenvalue weighted by Crippen LogP contribution is 2.40. The number of esters is 1. The lowest BCUT2D eigenvalue weighted by Gasteiger charge is -2.07. The molecule has 0 bridgehead atoms. The van der Waals surface area contributed by atoms with Crippen LogP contribution in [0.3, 0.4) is 0 Å². The standard InChI is InChI=1S/C14H9BrO2/c15-10-6-7-12-11(8-10)13(14(16)17-12)9-4-2-1-3-5-9/h1-8,13H/t13-/m0/s1. The molecule has 2 nitrogen and oxygen atoms in total. The molecule has 3 heteroatoms. The maximum Gasteiger partial charge on any atom is 0.323 e. The molecule has 2 aromatic rings. The summed E-state index contributed by atoms with van der Waals surface area (Å²) in [5.41, 5.74) is 1.89. The van der Waals surface area contributed by atoms with Gasteiger partial charge in [-0.2, -0.15) is 0 Å². The van der Waals surface area contributed by atoms with Gasteiger partial charge >= 0.3 is 5.97 Å². The minimum absolute atomic E-state index is 0.204. The Morgan fingerprint density at radius 1 is 1.06 bits per heavy atom. The Morgan fingerprint density at radius 3 is 2.59 bits per heavy atom. The van der Waals surface area contributed by atoms with Gasteiger partial charge in [0.2, 0.25) is 0 Å². The molecule has 1 heterocycles. The van der Waals surface area contributed by atoms with E-state index in [2.05, 4.69) is 15.9 Å². The fourth-order valence-corrected chi connectivity index (χ4v) is 2.47. The van der Waals surface area contributed by atoms with Crippen molar-refractivity contribution in [3.63, 3.8) is 0 Å². The summed E-state index contributed by atoms with van der Waals surface area (Å²) < 4.78 is 6.22. The van der Waals surface area contributed by atoms with Gasteiger partial charge in [0, 0.05) is 10.0 Å². The van der Waals surface area contributed by atoms with Gasteiger partial charge in [0.05, 0.1) is 0 Å². The fourth-order valence-electron chi connectivity index (χ4n) is 2.09. The molecule has 0 saturated heterocycles. The average Bonchev–Trinajstić information content (AvgIpc) is 2.65. The van der Waals surface area contributed by atoms with Gasteiger partial charge in [-0.25, -0.2) is 0 Å². The molecule has 2 aromatic carbocycles. The van der Waals surface area contributed by atoms with E-state index in [1.54, 1.807) is 0 Å². The second-order valence-electron chi connectivity index (χ2n) is 3.95. The molecule has 0 aliphatic carbocycles. The molecule has 0 fully saturated rings. The van der Waals surface area contributed by atoms with Crippen LogP contribution in [0.2, 0.25) is 0 Å². The van der Waals surface area contributed by atoms with Crippen LogP contribution in [0, 0.1) is 0 Å². The highest BCUT2D eigenvalue weighted by Gasteiger charge is 2.34. The van der Waals surface area contributed by atoms with Crippen molar-refractivity contribution in [1.29, 1.82) is 0 Å². The van der Waals surface area contributed by atoms with Crippen molar-refractivity contribution in [1.82, 2.24) is 0 Å². The van der Waals surface area contributed by atoms with E-state index in [9.17, 15) is 4.79 Å². The van der Waals surface area contributed by atoms with Crippen LogP contribution in [-0.4, -0.2) is 5.97 Å². The number of carbonyl (C=O) groups is 1. The number of benzene rings is 2. The second-order valence-corrected chi connectivity index (χ2v) is 4.86. The first-order valence-corrected chi connectivity index (χ1v) is 6.11. The molecule has 0 unspecified atom stereocenters. The molecule has 1 atom stereocenters. The molecule has 0 aromatic heterocycles. The molecule has 84 valence electrons. The van der Waals surface area contributed by atoms with Crippen LogP contribution in [0.25, 0.3) is 0 Å². The molecule has 0 saturated carbocycles. The lowest BCUT2D eigenvalue weighted by Crippen LogP contribution is -2.11.